The maximum atomic E-state index is 13.3. The molecule has 0 aliphatic heterocycles. The van der Waals surface area contributed by atoms with Crippen LogP contribution in [0.15, 0.2) is 88.7 Å². The zero-order valence-corrected chi connectivity index (χ0v) is 21.6. The summed E-state index contributed by atoms with van der Waals surface area (Å²) in [6.45, 7) is 3.69. The summed E-state index contributed by atoms with van der Waals surface area (Å²) in [5, 5.41) is 3.06. The second-order valence-electron chi connectivity index (χ2n) is 7.46. The monoisotopic (exact) mass is 535 g/mol. The third-order valence-corrected chi connectivity index (χ3v) is 9.32. The highest BCUT2D eigenvalue weighted by molar-refractivity contribution is 7.92. The lowest BCUT2D eigenvalue weighted by molar-refractivity contribution is -0.114. The van der Waals surface area contributed by atoms with Crippen LogP contribution in [0.4, 0.5) is 11.4 Å². The van der Waals surface area contributed by atoms with Gasteiger partial charge in [0.25, 0.3) is 10.0 Å². The maximum absolute atomic E-state index is 13.3. The smallest absolute Gasteiger partial charge is 0.264 e. The largest absolute Gasteiger partial charge is 0.325 e. The van der Waals surface area contributed by atoms with Crippen LogP contribution in [0.25, 0.3) is 0 Å². The SMILES string of the molecule is CCN(CC)S(=O)(=O)c1ccc(NC(=O)CN(c2ccc(Cl)cc2)S(=O)(=O)c2ccccc2)cc1. The molecule has 0 spiro atoms. The van der Waals surface area contributed by atoms with Gasteiger partial charge in [-0.05, 0) is 60.7 Å². The molecular formula is C24H26ClN3O5S2. The lowest BCUT2D eigenvalue weighted by Crippen LogP contribution is -2.38. The molecule has 0 aliphatic rings. The number of hydrogen-bond donors (Lipinski definition) is 1. The fraction of sp³-hybridized carbons (Fsp3) is 0.208. The van der Waals surface area contributed by atoms with E-state index in [1.54, 1.807) is 32.0 Å². The van der Waals surface area contributed by atoms with Crippen molar-refractivity contribution in [1.29, 1.82) is 0 Å². The maximum Gasteiger partial charge on any atom is 0.264 e. The van der Waals surface area contributed by atoms with Crippen molar-refractivity contribution in [2.75, 3.05) is 29.3 Å². The quantitative estimate of drug-likeness (QED) is 0.419. The summed E-state index contributed by atoms with van der Waals surface area (Å²) >= 11 is 5.95. The van der Waals surface area contributed by atoms with Crippen LogP contribution >= 0.6 is 11.6 Å². The first-order valence-electron chi connectivity index (χ1n) is 10.8. The van der Waals surface area contributed by atoms with Gasteiger partial charge in [0.1, 0.15) is 6.54 Å². The third-order valence-electron chi connectivity index (χ3n) is 5.21. The molecule has 0 radical (unpaired) electrons. The Labute approximate surface area is 211 Å². The Bertz CT molecular complexity index is 1360. The van der Waals surface area contributed by atoms with E-state index in [4.69, 9.17) is 11.6 Å². The van der Waals surface area contributed by atoms with Crippen LogP contribution < -0.4 is 9.62 Å². The van der Waals surface area contributed by atoms with Crippen LogP contribution in [-0.4, -0.2) is 46.7 Å². The van der Waals surface area contributed by atoms with Gasteiger partial charge in [-0.1, -0.05) is 43.6 Å². The van der Waals surface area contributed by atoms with Crippen molar-refractivity contribution in [3.8, 4) is 0 Å². The van der Waals surface area contributed by atoms with Gasteiger partial charge in [0.2, 0.25) is 15.9 Å². The summed E-state index contributed by atoms with van der Waals surface area (Å²) in [5.41, 5.74) is 0.607. The first-order valence-corrected chi connectivity index (χ1v) is 14.1. The molecule has 0 heterocycles. The zero-order valence-electron chi connectivity index (χ0n) is 19.3. The van der Waals surface area contributed by atoms with E-state index in [2.05, 4.69) is 5.32 Å². The van der Waals surface area contributed by atoms with Gasteiger partial charge in [-0.25, -0.2) is 16.8 Å². The molecule has 0 unspecified atom stereocenters. The molecule has 0 aliphatic carbocycles. The van der Waals surface area contributed by atoms with E-state index in [0.29, 0.717) is 23.8 Å². The molecule has 0 bridgehead atoms. The molecule has 186 valence electrons. The molecule has 8 nitrogen and oxygen atoms in total. The highest BCUT2D eigenvalue weighted by atomic mass is 35.5. The van der Waals surface area contributed by atoms with Crippen LogP contribution in [0.1, 0.15) is 13.8 Å². The molecule has 11 heteroatoms. The minimum Gasteiger partial charge on any atom is -0.325 e. The second-order valence-corrected chi connectivity index (χ2v) is 11.7. The fourth-order valence-corrected chi connectivity index (χ4v) is 6.42. The molecule has 3 aromatic rings. The van der Waals surface area contributed by atoms with Gasteiger partial charge >= 0.3 is 0 Å². The number of sulfonamides is 2. The number of carbonyl (C=O) groups is 1. The summed E-state index contributed by atoms with van der Waals surface area (Å²) in [4.78, 5) is 13.0. The number of halogens is 1. The zero-order chi connectivity index (χ0) is 25.6. The number of hydrogen-bond acceptors (Lipinski definition) is 5. The Kier molecular flexibility index (Phi) is 8.55. The standard InChI is InChI=1S/C24H26ClN3O5S2/c1-3-27(4-2)34(30,31)23-16-12-20(13-17-23)26-24(29)18-28(21-14-10-19(25)11-15-21)35(32,33)22-8-6-5-7-9-22/h5-17H,3-4,18H2,1-2H3,(H,26,29). The fourth-order valence-electron chi connectivity index (χ4n) is 3.40. The van der Waals surface area contributed by atoms with Crippen molar-refractivity contribution in [1.82, 2.24) is 4.31 Å². The van der Waals surface area contributed by atoms with E-state index in [0.717, 1.165) is 4.31 Å². The number of anilines is 2. The molecule has 1 N–H and O–H groups in total. The van der Waals surface area contributed by atoms with Crippen LogP contribution in [0.3, 0.4) is 0 Å². The number of amides is 1. The average Bonchev–Trinajstić information content (AvgIpc) is 2.84. The van der Waals surface area contributed by atoms with Gasteiger partial charge in [0.15, 0.2) is 0 Å². The number of nitrogens with zero attached hydrogens (tertiary/aromatic N) is 2. The highest BCUT2D eigenvalue weighted by Crippen LogP contribution is 2.25. The minimum atomic E-state index is -4.05. The van der Waals surface area contributed by atoms with E-state index < -0.39 is 32.5 Å². The van der Waals surface area contributed by atoms with Crippen LogP contribution in [-0.2, 0) is 24.8 Å². The molecule has 0 aromatic heterocycles. The van der Waals surface area contributed by atoms with Gasteiger partial charge in [-0.15, -0.1) is 0 Å². The second kappa shape index (κ2) is 11.2. The number of rotatable bonds is 10. The molecular weight excluding hydrogens is 510 g/mol. The molecule has 0 fully saturated rings. The van der Waals surface area contributed by atoms with E-state index >= 15 is 0 Å². The predicted octanol–water partition coefficient (Wildman–Crippen LogP) is 4.20. The lowest BCUT2D eigenvalue weighted by Gasteiger charge is -2.24. The average molecular weight is 536 g/mol. The predicted molar refractivity (Wildman–Crippen MR) is 138 cm³/mol. The number of carbonyl (C=O) groups excluding carboxylic acids is 1. The van der Waals surface area contributed by atoms with Crippen molar-refractivity contribution in [3.05, 3.63) is 83.9 Å². The summed E-state index contributed by atoms with van der Waals surface area (Å²) in [6.07, 6.45) is 0. The minimum absolute atomic E-state index is 0.0358. The Morgan fingerprint density at radius 2 is 1.31 bits per heavy atom. The van der Waals surface area contributed by atoms with Gasteiger partial charge in [-0.3, -0.25) is 9.10 Å². The summed E-state index contributed by atoms with van der Waals surface area (Å²) in [7, 11) is -7.68. The summed E-state index contributed by atoms with van der Waals surface area (Å²) in [6, 6.07) is 19.6. The summed E-state index contributed by atoms with van der Waals surface area (Å²) < 4.78 is 54.3. The van der Waals surface area contributed by atoms with Crippen molar-refractivity contribution in [3.63, 3.8) is 0 Å². The van der Waals surface area contributed by atoms with Crippen molar-refractivity contribution < 1.29 is 21.6 Å². The molecule has 0 atom stereocenters. The van der Waals surface area contributed by atoms with Crippen LogP contribution in [0, 0.1) is 0 Å². The third kappa shape index (κ3) is 6.21. The van der Waals surface area contributed by atoms with E-state index in [1.165, 1.54) is 65.0 Å². The van der Waals surface area contributed by atoms with Gasteiger partial charge in [0, 0.05) is 23.8 Å². The molecule has 0 saturated carbocycles. The first kappa shape index (κ1) is 26.7. The Morgan fingerprint density at radius 3 is 1.86 bits per heavy atom. The van der Waals surface area contributed by atoms with Crippen LogP contribution in [0.5, 0.6) is 0 Å². The van der Waals surface area contributed by atoms with Crippen molar-refractivity contribution in [2.45, 2.75) is 23.6 Å². The molecule has 0 saturated heterocycles. The molecule has 1 amide bonds. The Hall–Kier alpha value is -2.92. The van der Waals surface area contributed by atoms with Gasteiger partial charge in [-0.2, -0.15) is 4.31 Å². The van der Waals surface area contributed by atoms with E-state index in [9.17, 15) is 21.6 Å². The Morgan fingerprint density at radius 1 is 0.771 bits per heavy atom. The Balaban J connectivity index is 1.84. The molecule has 35 heavy (non-hydrogen) atoms. The normalized spacial score (nSPS) is 11.9. The van der Waals surface area contributed by atoms with Gasteiger partial charge < -0.3 is 5.32 Å². The lowest BCUT2D eigenvalue weighted by atomic mass is 10.3. The van der Waals surface area contributed by atoms with Crippen molar-refractivity contribution >= 4 is 48.9 Å². The number of benzene rings is 3. The van der Waals surface area contributed by atoms with E-state index in [-0.39, 0.29) is 15.5 Å². The number of nitrogens with one attached hydrogen (secondary N) is 1. The first-order chi connectivity index (χ1) is 16.6. The van der Waals surface area contributed by atoms with E-state index in [1.807, 2.05) is 0 Å². The van der Waals surface area contributed by atoms with Crippen LogP contribution in [0.2, 0.25) is 5.02 Å². The molecule has 3 rings (SSSR count). The van der Waals surface area contributed by atoms with Crippen molar-refractivity contribution in [2.24, 2.45) is 0 Å². The summed E-state index contributed by atoms with van der Waals surface area (Å²) in [5.74, 6) is -0.598. The van der Waals surface area contributed by atoms with Gasteiger partial charge in [0.05, 0.1) is 15.5 Å². The highest BCUT2D eigenvalue weighted by Gasteiger charge is 2.27. The molecule has 3 aromatic carbocycles. The topological polar surface area (TPSA) is 104 Å².